The Morgan fingerprint density at radius 3 is 2.21 bits per heavy atom. The van der Waals surface area contributed by atoms with E-state index in [9.17, 15) is 14.4 Å². The van der Waals surface area contributed by atoms with Gasteiger partial charge in [0.2, 0.25) is 5.91 Å². The smallest absolute Gasteiger partial charge is 0.317 e. The molecule has 0 aromatic heterocycles. The van der Waals surface area contributed by atoms with Crippen molar-refractivity contribution in [1.29, 1.82) is 0 Å². The fourth-order valence-electron chi connectivity index (χ4n) is 4.46. The molecule has 2 heterocycles. The average Bonchev–Trinajstić information content (AvgIpc) is 2.77. The fourth-order valence-corrected chi connectivity index (χ4v) is 4.46. The molecule has 2 N–H and O–H groups in total. The molecule has 1 aliphatic carbocycles. The van der Waals surface area contributed by atoms with E-state index in [1.165, 1.54) is 0 Å². The van der Waals surface area contributed by atoms with Crippen molar-refractivity contribution in [1.82, 2.24) is 15.1 Å². The first-order valence-corrected chi connectivity index (χ1v) is 12.4. The highest BCUT2D eigenvalue weighted by Gasteiger charge is 2.29. The summed E-state index contributed by atoms with van der Waals surface area (Å²) in [6.45, 7) is 10.5. The topological polar surface area (TPSA) is 94.2 Å². The number of morpholine rings is 1. The Bertz CT molecular complexity index is 910. The molecule has 3 aliphatic rings. The van der Waals surface area contributed by atoms with Gasteiger partial charge in [-0.1, -0.05) is 6.42 Å². The van der Waals surface area contributed by atoms with Gasteiger partial charge in [-0.3, -0.25) is 9.59 Å². The summed E-state index contributed by atoms with van der Waals surface area (Å²) in [7, 11) is 0. The molecule has 9 nitrogen and oxygen atoms in total. The zero-order valence-electron chi connectivity index (χ0n) is 20.6. The Labute approximate surface area is 201 Å². The van der Waals surface area contributed by atoms with Crippen molar-refractivity contribution < 1.29 is 19.1 Å². The molecule has 0 atom stereocenters. The number of urea groups is 1. The minimum absolute atomic E-state index is 0.0299. The van der Waals surface area contributed by atoms with Crippen LogP contribution in [0.15, 0.2) is 18.2 Å². The molecular formula is C25H37N5O4. The number of nitrogens with one attached hydrogen (secondary N) is 2. The van der Waals surface area contributed by atoms with E-state index in [4.69, 9.17) is 4.74 Å². The normalized spacial score (nSPS) is 19.4. The highest BCUT2D eigenvalue weighted by molar-refractivity contribution is 6.02. The van der Waals surface area contributed by atoms with E-state index in [1.54, 1.807) is 0 Å². The third kappa shape index (κ3) is 5.81. The highest BCUT2D eigenvalue weighted by Crippen LogP contribution is 2.30. The number of piperazine rings is 1. The van der Waals surface area contributed by atoms with Crippen molar-refractivity contribution >= 4 is 29.2 Å². The number of carbonyl (C=O) groups excluding carboxylic acids is 3. The van der Waals surface area contributed by atoms with Crippen LogP contribution in [-0.4, -0.2) is 85.7 Å². The van der Waals surface area contributed by atoms with Crippen molar-refractivity contribution in [2.24, 2.45) is 5.92 Å². The molecular weight excluding hydrogens is 434 g/mol. The van der Waals surface area contributed by atoms with Crippen LogP contribution in [0.25, 0.3) is 0 Å². The lowest BCUT2D eigenvalue weighted by Crippen LogP contribution is -2.55. The average molecular weight is 472 g/mol. The van der Waals surface area contributed by atoms with E-state index in [0.717, 1.165) is 24.9 Å². The van der Waals surface area contributed by atoms with E-state index in [1.807, 2.05) is 48.8 Å². The van der Waals surface area contributed by atoms with Gasteiger partial charge in [-0.05, 0) is 51.8 Å². The maximum Gasteiger partial charge on any atom is 0.317 e. The van der Waals surface area contributed by atoms with Gasteiger partial charge in [0.1, 0.15) is 0 Å². The summed E-state index contributed by atoms with van der Waals surface area (Å²) in [4.78, 5) is 44.3. The zero-order chi connectivity index (χ0) is 24.3. The van der Waals surface area contributed by atoms with E-state index in [-0.39, 0.29) is 29.3 Å². The largest absolute Gasteiger partial charge is 0.378 e. The lowest BCUT2D eigenvalue weighted by molar-refractivity contribution is -0.122. The molecule has 0 unspecified atom stereocenters. The van der Waals surface area contributed by atoms with E-state index in [0.29, 0.717) is 63.7 Å². The lowest BCUT2D eigenvalue weighted by Gasteiger charge is -2.38. The van der Waals surface area contributed by atoms with Crippen LogP contribution < -0.4 is 15.5 Å². The van der Waals surface area contributed by atoms with Gasteiger partial charge in [-0.25, -0.2) is 4.79 Å². The van der Waals surface area contributed by atoms with Gasteiger partial charge in [-0.15, -0.1) is 0 Å². The summed E-state index contributed by atoms with van der Waals surface area (Å²) in [5, 5.41) is 6.02. The predicted octanol–water partition coefficient (Wildman–Crippen LogP) is 2.53. The summed E-state index contributed by atoms with van der Waals surface area (Å²) >= 11 is 0. The van der Waals surface area contributed by atoms with Gasteiger partial charge in [-0.2, -0.15) is 0 Å². The maximum atomic E-state index is 13.5. The van der Waals surface area contributed by atoms with Crippen LogP contribution in [0.3, 0.4) is 0 Å². The summed E-state index contributed by atoms with van der Waals surface area (Å²) in [5.74, 6) is 0.0542. The maximum absolute atomic E-state index is 13.5. The van der Waals surface area contributed by atoms with Crippen LogP contribution in [0, 0.1) is 5.92 Å². The number of carbonyl (C=O) groups is 3. The number of nitrogens with zero attached hydrogens (tertiary/aromatic N) is 3. The molecule has 2 saturated heterocycles. The van der Waals surface area contributed by atoms with Crippen LogP contribution in [0.1, 0.15) is 50.4 Å². The fraction of sp³-hybridized carbons (Fsp3) is 0.640. The highest BCUT2D eigenvalue weighted by atomic mass is 16.5. The van der Waals surface area contributed by atoms with Crippen LogP contribution in [0.4, 0.5) is 16.2 Å². The molecule has 1 aromatic rings. The summed E-state index contributed by atoms with van der Waals surface area (Å²) in [6.07, 6.45) is 2.95. The van der Waals surface area contributed by atoms with E-state index >= 15 is 0 Å². The van der Waals surface area contributed by atoms with Gasteiger partial charge in [0.25, 0.3) is 5.91 Å². The number of ether oxygens (including phenoxy) is 1. The zero-order valence-corrected chi connectivity index (χ0v) is 20.6. The van der Waals surface area contributed by atoms with Gasteiger partial charge in [0, 0.05) is 62.1 Å². The van der Waals surface area contributed by atoms with E-state index < -0.39 is 0 Å². The minimum atomic E-state index is -0.286. The lowest BCUT2D eigenvalue weighted by atomic mass is 9.85. The first-order chi connectivity index (χ1) is 16.2. The molecule has 3 fully saturated rings. The van der Waals surface area contributed by atoms with Crippen molar-refractivity contribution in [2.45, 2.75) is 45.6 Å². The Morgan fingerprint density at radius 2 is 1.62 bits per heavy atom. The van der Waals surface area contributed by atoms with Crippen molar-refractivity contribution in [3.8, 4) is 0 Å². The predicted molar refractivity (Wildman–Crippen MR) is 131 cm³/mol. The molecule has 0 bridgehead atoms. The summed E-state index contributed by atoms with van der Waals surface area (Å²) < 4.78 is 5.42. The first kappa shape index (κ1) is 24.3. The van der Waals surface area contributed by atoms with Gasteiger partial charge in [0.15, 0.2) is 0 Å². The molecule has 186 valence electrons. The van der Waals surface area contributed by atoms with Gasteiger partial charge < -0.3 is 30.1 Å². The Kier molecular flexibility index (Phi) is 7.30. The number of anilines is 2. The van der Waals surface area contributed by atoms with Gasteiger partial charge in [0.05, 0.1) is 18.8 Å². The SMILES string of the molecule is CC(C)(C)NC(=O)N1CCN(c2ccc(NC(=O)C3CCC3)cc2C(=O)N2CCOCC2)CC1. The second-order valence-electron chi connectivity index (χ2n) is 10.4. The molecule has 2 aliphatic heterocycles. The molecule has 9 heteroatoms. The van der Waals surface area contributed by atoms with Crippen LogP contribution in [0.5, 0.6) is 0 Å². The number of rotatable bonds is 4. The first-order valence-electron chi connectivity index (χ1n) is 12.4. The van der Waals surface area contributed by atoms with Crippen molar-refractivity contribution in [3.63, 3.8) is 0 Å². The molecule has 1 saturated carbocycles. The van der Waals surface area contributed by atoms with Crippen LogP contribution >= 0.6 is 0 Å². The third-order valence-corrected chi connectivity index (χ3v) is 6.66. The second kappa shape index (κ2) is 10.2. The number of hydrogen-bond acceptors (Lipinski definition) is 5. The minimum Gasteiger partial charge on any atom is -0.378 e. The summed E-state index contributed by atoms with van der Waals surface area (Å²) in [6, 6.07) is 5.55. The summed E-state index contributed by atoms with van der Waals surface area (Å²) in [5.41, 5.74) is 1.79. The van der Waals surface area contributed by atoms with Crippen molar-refractivity contribution in [2.75, 3.05) is 62.7 Å². The molecule has 0 radical (unpaired) electrons. The monoisotopic (exact) mass is 471 g/mol. The Morgan fingerprint density at radius 1 is 0.941 bits per heavy atom. The third-order valence-electron chi connectivity index (χ3n) is 6.66. The van der Waals surface area contributed by atoms with Crippen molar-refractivity contribution in [3.05, 3.63) is 23.8 Å². The van der Waals surface area contributed by atoms with Crippen LogP contribution in [-0.2, 0) is 9.53 Å². The Hall–Kier alpha value is -2.81. The quantitative estimate of drug-likeness (QED) is 0.704. The molecule has 4 amide bonds. The van der Waals surface area contributed by atoms with Crippen LogP contribution in [0.2, 0.25) is 0 Å². The molecule has 1 aromatic carbocycles. The standard InChI is InChI=1S/C25H37N5O4/c1-25(2,3)27-24(33)30-11-9-28(10-12-30)21-8-7-19(26-22(31)18-5-4-6-18)17-20(21)23(32)29-13-15-34-16-14-29/h7-8,17-18H,4-6,9-16H2,1-3H3,(H,26,31)(H,27,33). The number of amides is 4. The Balaban J connectivity index is 1.50. The molecule has 34 heavy (non-hydrogen) atoms. The second-order valence-corrected chi connectivity index (χ2v) is 10.4. The number of benzene rings is 1. The molecule has 4 rings (SSSR count). The number of hydrogen-bond donors (Lipinski definition) is 2. The molecule has 0 spiro atoms. The van der Waals surface area contributed by atoms with E-state index in [2.05, 4.69) is 15.5 Å². The van der Waals surface area contributed by atoms with Gasteiger partial charge >= 0.3 is 6.03 Å².